The highest BCUT2D eigenvalue weighted by Crippen LogP contribution is 2.30. The number of hydrogen-bond donors (Lipinski definition) is 0. The van der Waals surface area contributed by atoms with E-state index in [2.05, 4.69) is 65.8 Å². The second kappa shape index (κ2) is 15.7. The van der Waals surface area contributed by atoms with E-state index in [0.717, 1.165) is 25.7 Å². The topological polar surface area (TPSA) is 27.7 Å². The third-order valence-corrected chi connectivity index (χ3v) is 4.90. The van der Waals surface area contributed by atoms with Gasteiger partial charge in [0.15, 0.2) is 0 Å². The molecular formula is C25H44O3. The van der Waals surface area contributed by atoms with Crippen LogP contribution in [0.15, 0.2) is 47.6 Å². The molecule has 0 aliphatic carbocycles. The Morgan fingerprint density at radius 2 is 1.79 bits per heavy atom. The van der Waals surface area contributed by atoms with Crippen LogP contribution in [-0.2, 0) is 14.2 Å². The number of rotatable bonds is 15. The van der Waals surface area contributed by atoms with Gasteiger partial charge in [0.1, 0.15) is 0 Å². The van der Waals surface area contributed by atoms with Gasteiger partial charge in [-0.15, -0.1) is 0 Å². The van der Waals surface area contributed by atoms with Crippen molar-refractivity contribution in [2.24, 2.45) is 0 Å². The number of allylic oxidation sites excluding steroid dienone is 5. The second-order valence-electron chi connectivity index (χ2n) is 7.68. The van der Waals surface area contributed by atoms with Crippen molar-refractivity contribution in [3.63, 3.8) is 0 Å². The van der Waals surface area contributed by atoms with E-state index in [-0.39, 0.29) is 17.8 Å². The minimum atomic E-state index is -0.267. The van der Waals surface area contributed by atoms with Crippen molar-refractivity contribution in [1.29, 1.82) is 0 Å². The van der Waals surface area contributed by atoms with E-state index < -0.39 is 0 Å². The number of methoxy groups -OCH3 is 1. The molecule has 0 spiro atoms. The van der Waals surface area contributed by atoms with Crippen molar-refractivity contribution in [3.8, 4) is 0 Å². The first-order chi connectivity index (χ1) is 13.3. The zero-order valence-electron chi connectivity index (χ0n) is 19.6. The Labute approximate surface area is 174 Å². The highest BCUT2D eigenvalue weighted by atomic mass is 16.5. The fraction of sp³-hybridized carbons (Fsp3) is 0.680. The van der Waals surface area contributed by atoms with Crippen molar-refractivity contribution in [3.05, 3.63) is 47.6 Å². The zero-order valence-corrected chi connectivity index (χ0v) is 19.6. The lowest BCUT2D eigenvalue weighted by Crippen LogP contribution is -2.32. The van der Waals surface area contributed by atoms with Gasteiger partial charge in [0.05, 0.1) is 31.0 Å². The third-order valence-electron chi connectivity index (χ3n) is 4.90. The van der Waals surface area contributed by atoms with Gasteiger partial charge in [0.2, 0.25) is 0 Å². The van der Waals surface area contributed by atoms with E-state index in [9.17, 15) is 0 Å². The molecule has 3 heteroatoms. The van der Waals surface area contributed by atoms with Crippen molar-refractivity contribution < 1.29 is 14.2 Å². The molecule has 0 aliphatic rings. The maximum Gasteiger partial charge on any atom is 0.0861 e. The third kappa shape index (κ3) is 11.6. The van der Waals surface area contributed by atoms with Crippen LogP contribution in [0.5, 0.6) is 0 Å². The van der Waals surface area contributed by atoms with Gasteiger partial charge in [-0.05, 0) is 66.4 Å². The molecule has 0 N–H and O–H groups in total. The van der Waals surface area contributed by atoms with E-state index in [1.54, 1.807) is 7.11 Å². The van der Waals surface area contributed by atoms with Crippen LogP contribution < -0.4 is 0 Å². The summed E-state index contributed by atoms with van der Waals surface area (Å²) in [6.45, 7) is 16.1. The summed E-state index contributed by atoms with van der Waals surface area (Å²) in [5.41, 5.74) is 2.29. The van der Waals surface area contributed by atoms with Gasteiger partial charge in [-0.3, -0.25) is 0 Å². The monoisotopic (exact) mass is 392 g/mol. The van der Waals surface area contributed by atoms with E-state index in [0.29, 0.717) is 13.2 Å². The molecule has 0 saturated carbocycles. The van der Waals surface area contributed by atoms with Crippen molar-refractivity contribution in [2.45, 2.75) is 92.0 Å². The molecule has 28 heavy (non-hydrogen) atoms. The number of hydrogen-bond acceptors (Lipinski definition) is 3. The summed E-state index contributed by atoms with van der Waals surface area (Å²) in [5, 5.41) is 0. The quantitative estimate of drug-likeness (QED) is 0.226. The Balaban J connectivity index is 4.88. The number of ether oxygens (including phenoxy) is 3. The van der Waals surface area contributed by atoms with Gasteiger partial charge in [-0.1, -0.05) is 55.4 Å². The molecule has 0 aromatic carbocycles. The van der Waals surface area contributed by atoms with Crippen LogP contribution in [-0.4, -0.2) is 38.1 Å². The summed E-state index contributed by atoms with van der Waals surface area (Å²) in [4.78, 5) is 0. The van der Waals surface area contributed by atoms with E-state index in [1.165, 1.54) is 11.1 Å². The average Bonchev–Trinajstić information content (AvgIpc) is 2.65. The van der Waals surface area contributed by atoms with Gasteiger partial charge in [-0.25, -0.2) is 0 Å². The van der Waals surface area contributed by atoms with Crippen molar-refractivity contribution in [1.82, 2.24) is 0 Å². The normalized spacial score (nSPS) is 17.0. The Morgan fingerprint density at radius 3 is 2.32 bits per heavy atom. The van der Waals surface area contributed by atoms with E-state index in [4.69, 9.17) is 14.2 Å². The summed E-state index contributed by atoms with van der Waals surface area (Å²) >= 11 is 0. The van der Waals surface area contributed by atoms with Gasteiger partial charge in [0.25, 0.3) is 0 Å². The van der Waals surface area contributed by atoms with Gasteiger partial charge in [0, 0.05) is 7.11 Å². The summed E-state index contributed by atoms with van der Waals surface area (Å²) < 4.78 is 17.8. The molecule has 0 aromatic rings. The van der Waals surface area contributed by atoms with Crippen LogP contribution in [0.3, 0.4) is 0 Å². The maximum atomic E-state index is 6.13. The lowest BCUT2D eigenvalue weighted by atomic mass is 9.87. The molecule has 0 heterocycles. The van der Waals surface area contributed by atoms with Crippen LogP contribution in [0.2, 0.25) is 0 Å². The molecule has 3 nitrogen and oxygen atoms in total. The molecule has 0 aromatic heterocycles. The maximum absolute atomic E-state index is 6.13. The SMILES string of the molecule is C\C=C(/C=C\C=C\C)CCOC(C)C/C(=C\COC(C)C)C(C)(CCC)OC. The van der Waals surface area contributed by atoms with E-state index >= 15 is 0 Å². The molecule has 2 unspecified atom stereocenters. The highest BCUT2D eigenvalue weighted by Gasteiger charge is 2.28. The Morgan fingerprint density at radius 1 is 1.07 bits per heavy atom. The first-order valence-electron chi connectivity index (χ1n) is 10.7. The predicted molar refractivity (Wildman–Crippen MR) is 122 cm³/mol. The molecule has 162 valence electrons. The fourth-order valence-corrected chi connectivity index (χ4v) is 3.09. The molecular weight excluding hydrogens is 348 g/mol. The standard InChI is InChI=1S/C25H44O3/c1-9-12-13-14-23(11-3)15-18-28-22(6)20-24(16-19-27-21(4)5)25(7,26-8)17-10-2/h9,11-14,16,21-22H,10,15,17-20H2,1-8H3/b12-9+,14-13-,23-11+,24-16+. The molecule has 0 aliphatic heterocycles. The van der Waals surface area contributed by atoms with Crippen LogP contribution >= 0.6 is 0 Å². The first kappa shape index (κ1) is 26.8. The lowest BCUT2D eigenvalue weighted by Gasteiger charge is -2.33. The predicted octanol–water partition coefficient (Wildman–Crippen LogP) is 6.81. The average molecular weight is 393 g/mol. The molecule has 0 radical (unpaired) electrons. The van der Waals surface area contributed by atoms with Gasteiger partial charge < -0.3 is 14.2 Å². The first-order valence-corrected chi connectivity index (χ1v) is 10.7. The van der Waals surface area contributed by atoms with Crippen LogP contribution in [0.25, 0.3) is 0 Å². The van der Waals surface area contributed by atoms with Gasteiger partial charge in [-0.2, -0.15) is 0 Å². The lowest BCUT2D eigenvalue weighted by molar-refractivity contribution is 0.0119. The largest absolute Gasteiger partial charge is 0.378 e. The van der Waals surface area contributed by atoms with Crippen LogP contribution in [0, 0.1) is 0 Å². The minimum absolute atomic E-state index is 0.134. The van der Waals surface area contributed by atoms with Crippen LogP contribution in [0.1, 0.15) is 74.1 Å². The molecule has 2 atom stereocenters. The Bertz CT molecular complexity index is 514. The van der Waals surface area contributed by atoms with Crippen molar-refractivity contribution in [2.75, 3.05) is 20.3 Å². The second-order valence-corrected chi connectivity index (χ2v) is 7.68. The smallest absolute Gasteiger partial charge is 0.0861 e. The minimum Gasteiger partial charge on any atom is -0.378 e. The Hall–Kier alpha value is -1.16. The summed E-state index contributed by atoms with van der Waals surface area (Å²) in [5.74, 6) is 0. The zero-order chi connectivity index (χ0) is 21.4. The van der Waals surface area contributed by atoms with E-state index in [1.807, 2.05) is 19.1 Å². The fourth-order valence-electron chi connectivity index (χ4n) is 3.09. The molecule has 0 saturated heterocycles. The van der Waals surface area contributed by atoms with Crippen molar-refractivity contribution >= 4 is 0 Å². The summed E-state index contributed by atoms with van der Waals surface area (Å²) in [6, 6.07) is 0. The molecule has 0 bridgehead atoms. The summed E-state index contributed by atoms with van der Waals surface area (Å²) in [7, 11) is 1.80. The molecule has 0 amide bonds. The van der Waals surface area contributed by atoms with Crippen LogP contribution in [0.4, 0.5) is 0 Å². The Kier molecular flexibility index (Phi) is 15.1. The highest BCUT2D eigenvalue weighted by molar-refractivity contribution is 5.21. The van der Waals surface area contributed by atoms with Gasteiger partial charge >= 0.3 is 0 Å². The molecule has 0 fully saturated rings. The summed E-state index contributed by atoms with van der Waals surface area (Å²) in [6.07, 6.45) is 16.8. The molecule has 0 rings (SSSR count).